The molecule has 0 amide bonds. The highest BCUT2D eigenvalue weighted by Gasteiger charge is 2.19. The van der Waals surface area contributed by atoms with Crippen molar-refractivity contribution >= 4 is 33.5 Å². The Balaban J connectivity index is 1.64. The summed E-state index contributed by atoms with van der Waals surface area (Å²) in [5, 5.41) is 0. The van der Waals surface area contributed by atoms with Crippen LogP contribution in [0, 0.1) is 0 Å². The summed E-state index contributed by atoms with van der Waals surface area (Å²) in [5.74, 6) is 0.592. The first-order valence-corrected chi connectivity index (χ1v) is 10.3. The van der Waals surface area contributed by atoms with Crippen LogP contribution in [0.15, 0.2) is 60.7 Å². The lowest BCUT2D eigenvalue weighted by Gasteiger charge is -2.12. The predicted octanol–water partition coefficient (Wildman–Crippen LogP) is 2.23. The Labute approximate surface area is 160 Å². The molecule has 2 rings (SSSR count). The van der Waals surface area contributed by atoms with Gasteiger partial charge in [-0.1, -0.05) is 58.0 Å². The topological polar surface area (TPSA) is 105 Å². The quantitative estimate of drug-likeness (QED) is 0.290. The fraction of sp³-hybridized carbons (Fsp3) is 0.222. The highest BCUT2D eigenvalue weighted by Crippen LogP contribution is 2.23. The van der Waals surface area contributed by atoms with Crippen LogP contribution in [-0.4, -0.2) is 35.5 Å². The van der Waals surface area contributed by atoms with Gasteiger partial charge >= 0.3 is 11.9 Å². The van der Waals surface area contributed by atoms with Crippen molar-refractivity contribution < 1.29 is 19.1 Å². The third kappa shape index (κ3) is 7.09. The summed E-state index contributed by atoms with van der Waals surface area (Å²) in [5.41, 5.74) is 11.6. The van der Waals surface area contributed by atoms with Gasteiger partial charge in [0.2, 0.25) is 0 Å². The summed E-state index contributed by atoms with van der Waals surface area (Å²) in [7, 11) is 2.71. The van der Waals surface area contributed by atoms with Crippen LogP contribution in [0.5, 0.6) is 11.5 Å². The Morgan fingerprint density at radius 3 is 1.42 bits per heavy atom. The molecule has 0 aliphatic carbocycles. The van der Waals surface area contributed by atoms with Gasteiger partial charge in [0.25, 0.3) is 0 Å². The number of hydrogen-bond donors (Lipinski definition) is 2. The Morgan fingerprint density at radius 1 is 0.731 bits per heavy atom. The third-order valence-electron chi connectivity index (χ3n) is 3.11. The predicted molar refractivity (Wildman–Crippen MR) is 105 cm³/mol. The van der Waals surface area contributed by atoms with Gasteiger partial charge in [-0.2, -0.15) is 0 Å². The Kier molecular flexibility index (Phi) is 8.49. The molecule has 0 bridgehead atoms. The van der Waals surface area contributed by atoms with E-state index in [1.165, 1.54) is 21.6 Å². The molecule has 8 heteroatoms. The van der Waals surface area contributed by atoms with Crippen LogP contribution in [0.1, 0.15) is 0 Å². The van der Waals surface area contributed by atoms with Gasteiger partial charge < -0.3 is 20.9 Å². The maximum Gasteiger partial charge on any atom is 0.329 e. The number of hydrogen-bond acceptors (Lipinski definition) is 8. The molecule has 0 aliphatic heterocycles. The van der Waals surface area contributed by atoms with Crippen molar-refractivity contribution in [3.8, 4) is 11.5 Å². The normalized spacial score (nSPS) is 12.8. The molecule has 0 spiro atoms. The number of benzene rings is 2. The molecule has 2 aromatic carbocycles. The average Bonchev–Trinajstić information content (AvgIpc) is 2.66. The Hall–Kier alpha value is -2.00. The summed E-state index contributed by atoms with van der Waals surface area (Å²) in [6.07, 6.45) is 0. The van der Waals surface area contributed by atoms with E-state index in [0.717, 1.165) is 0 Å². The van der Waals surface area contributed by atoms with Gasteiger partial charge in [-0.3, -0.25) is 0 Å². The zero-order chi connectivity index (χ0) is 18.8. The van der Waals surface area contributed by atoms with Crippen molar-refractivity contribution in [1.29, 1.82) is 0 Å². The van der Waals surface area contributed by atoms with E-state index in [2.05, 4.69) is 0 Å². The molecule has 4 N–H and O–H groups in total. The summed E-state index contributed by atoms with van der Waals surface area (Å²) in [4.78, 5) is 23.8. The summed E-state index contributed by atoms with van der Waals surface area (Å²) in [6.45, 7) is 0. The smallest absolute Gasteiger partial charge is 0.329 e. The van der Waals surface area contributed by atoms with Crippen molar-refractivity contribution in [3.63, 3.8) is 0 Å². The molecule has 0 saturated heterocycles. The molecule has 0 aromatic heterocycles. The van der Waals surface area contributed by atoms with Gasteiger partial charge in [0.05, 0.1) is 0 Å². The molecule has 0 radical (unpaired) electrons. The van der Waals surface area contributed by atoms with Crippen LogP contribution in [0.3, 0.4) is 0 Å². The van der Waals surface area contributed by atoms with Gasteiger partial charge in [-0.25, -0.2) is 9.59 Å². The van der Waals surface area contributed by atoms with Gasteiger partial charge in [0.1, 0.15) is 23.6 Å². The van der Waals surface area contributed by atoms with E-state index >= 15 is 0 Å². The fourth-order valence-electron chi connectivity index (χ4n) is 1.74. The van der Waals surface area contributed by atoms with Gasteiger partial charge in [0.15, 0.2) is 0 Å². The van der Waals surface area contributed by atoms with Crippen LogP contribution in [0.25, 0.3) is 0 Å². The van der Waals surface area contributed by atoms with Crippen molar-refractivity contribution in [2.75, 3.05) is 11.5 Å². The lowest BCUT2D eigenvalue weighted by molar-refractivity contribution is -0.136. The number of carbonyl (C=O) groups excluding carboxylic acids is 2. The first kappa shape index (κ1) is 20.3. The maximum atomic E-state index is 11.9. The summed E-state index contributed by atoms with van der Waals surface area (Å²) >= 11 is 0. The van der Waals surface area contributed by atoms with E-state index in [0.29, 0.717) is 23.0 Å². The van der Waals surface area contributed by atoms with E-state index in [4.69, 9.17) is 20.9 Å². The van der Waals surface area contributed by atoms with Gasteiger partial charge in [0, 0.05) is 11.5 Å². The van der Waals surface area contributed by atoms with Crippen molar-refractivity contribution in [3.05, 3.63) is 60.7 Å². The van der Waals surface area contributed by atoms with Gasteiger partial charge in [-0.15, -0.1) is 0 Å². The standard InChI is InChI=1S/C18H20N2O4S2/c19-15(17(21)23-13-7-3-1-4-8-13)11-25-26-12-16(20)18(22)24-14-9-5-2-6-10-14/h1-10,15-16H,11-12,19-20H2/t15-,16?/m0/s1. The number of para-hydroxylation sites is 2. The molecule has 2 atom stereocenters. The number of ether oxygens (including phenoxy) is 2. The van der Waals surface area contributed by atoms with Crippen molar-refractivity contribution in [2.24, 2.45) is 11.5 Å². The summed E-state index contributed by atoms with van der Waals surface area (Å²) < 4.78 is 10.3. The monoisotopic (exact) mass is 392 g/mol. The first-order chi connectivity index (χ1) is 12.6. The lowest BCUT2D eigenvalue weighted by atomic mass is 10.3. The van der Waals surface area contributed by atoms with E-state index in [-0.39, 0.29) is 0 Å². The minimum Gasteiger partial charge on any atom is -0.425 e. The molecule has 0 heterocycles. The highest BCUT2D eigenvalue weighted by atomic mass is 33.1. The third-order valence-corrected chi connectivity index (χ3v) is 5.58. The maximum absolute atomic E-state index is 11.9. The number of nitrogens with two attached hydrogens (primary N) is 2. The molecule has 0 fully saturated rings. The Bertz CT molecular complexity index is 639. The SMILES string of the molecule is NC(CSSC[C@H](N)C(=O)Oc1ccccc1)C(=O)Oc1ccccc1. The average molecular weight is 393 g/mol. The fourth-order valence-corrected chi connectivity index (χ4v) is 3.95. The second kappa shape index (κ2) is 10.9. The molecule has 1 unspecified atom stereocenters. The zero-order valence-electron chi connectivity index (χ0n) is 13.9. The summed E-state index contributed by atoms with van der Waals surface area (Å²) in [6, 6.07) is 16.0. The zero-order valence-corrected chi connectivity index (χ0v) is 15.6. The lowest BCUT2D eigenvalue weighted by Crippen LogP contribution is -2.37. The minimum absolute atomic E-state index is 0.344. The van der Waals surface area contributed by atoms with Crippen molar-refractivity contribution in [1.82, 2.24) is 0 Å². The van der Waals surface area contributed by atoms with Crippen LogP contribution >= 0.6 is 21.6 Å². The largest absolute Gasteiger partial charge is 0.425 e. The molecule has 0 aliphatic rings. The highest BCUT2D eigenvalue weighted by molar-refractivity contribution is 8.76. The molecular formula is C18H20N2O4S2. The van der Waals surface area contributed by atoms with Crippen LogP contribution in [-0.2, 0) is 9.59 Å². The number of esters is 2. The molecular weight excluding hydrogens is 372 g/mol. The molecule has 138 valence electrons. The first-order valence-electron chi connectivity index (χ1n) is 7.85. The second-order valence-corrected chi connectivity index (χ2v) is 7.80. The molecule has 0 saturated carbocycles. The Morgan fingerprint density at radius 2 is 1.08 bits per heavy atom. The van der Waals surface area contributed by atoms with E-state index in [1.54, 1.807) is 48.5 Å². The van der Waals surface area contributed by atoms with Crippen molar-refractivity contribution in [2.45, 2.75) is 12.1 Å². The molecule has 2 aromatic rings. The number of carbonyl (C=O) groups is 2. The number of rotatable bonds is 9. The van der Waals surface area contributed by atoms with E-state index in [1.807, 2.05) is 12.1 Å². The van der Waals surface area contributed by atoms with E-state index < -0.39 is 24.0 Å². The second-order valence-electron chi connectivity index (χ2n) is 5.25. The van der Waals surface area contributed by atoms with Gasteiger partial charge in [-0.05, 0) is 24.3 Å². The van der Waals surface area contributed by atoms with Crippen LogP contribution in [0.2, 0.25) is 0 Å². The molecule has 6 nitrogen and oxygen atoms in total. The minimum atomic E-state index is -0.764. The molecule has 26 heavy (non-hydrogen) atoms. The van der Waals surface area contributed by atoms with Crippen LogP contribution < -0.4 is 20.9 Å². The van der Waals surface area contributed by atoms with E-state index in [9.17, 15) is 9.59 Å². The van der Waals surface area contributed by atoms with Crippen LogP contribution in [0.4, 0.5) is 0 Å².